The van der Waals surface area contributed by atoms with Gasteiger partial charge in [0.1, 0.15) is 5.65 Å². The quantitative estimate of drug-likeness (QED) is 0.853. The van der Waals surface area contributed by atoms with Crippen LogP contribution in [0.2, 0.25) is 0 Å². The van der Waals surface area contributed by atoms with Crippen LogP contribution in [0.1, 0.15) is 31.0 Å². The van der Waals surface area contributed by atoms with Crippen LogP contribution in [0.15, 0.2) is 24.5 Å². The SMILES string of the molecule is Cc1ccc2nc(CN3CCC4(CC3)OC[C@H](C)O4)cn2c1. The van der Waals surface area contributed by atoms with Gasteiger partial charge in [-0.2, -0.15) is 0 Å². The van der Waals surface area contributed by atoms with Gasteiger partial charge in [-0.05, 0) is 25.5 Å². The number of hydrogen-bond acceptors (Lipinski definition) is 4. The van der Waals surface area contributed by atoms with E-state index in [2.05, 4.69) is 47.7 Å². The lowest BCUT2D eigenvalue weighted by Gasteiger charge is -2.37. The average molecular weight is 301 g/mol. The molecule has 5 heteroatoms. The molecule has 1 atom stereocenters. The van der Waals surface area contributed by atoms with Crippen molar-refractivity contribution in [1.82, 2.24) is 14.3 Å². The third-order valence-electron chi connectivity index (χ3n) is 4.65. The molecule has 4 heterocycles. The Hall–Kier alpha value is -1.43. The molecule has 0 saturated carbocycles. The molecule has 1 spiro atoms. The van der Waals surface area contributed by atoms with Crippen LogP contribution in [-0.2, 0) is 16.0 Å². The first-order chi connectivity index (χ1) is 10.6. The summed E-state index contributed by atoms with van der Waals surface area (Å²) in [5.41, 5.74) is 3.40. The number of nitrogens with zero attached hydrogens (tertiary/aromatic N) is 3. The standard InChI is InChI=1S/C17H23N3O2/c1-13-3-4-16-18-15(11-20(16)9-13)10-19-7-5-17(6-8-19)21-12-14(2)22-17/h3-4,9,11,14H,5-8,10,12H2,1-2H3/t14-/m0/s1. The number of aryl methyl sites for hydroxylation is 1. The highest BCUT2D eigenvalue weighted by molar-refractivity contribution is 5.41. The van der Waals surface area contributed by atoms with E-state index in [0.717, 1.165) is 50.4 Å². The van der Waals surface area contributed by atoms with Crippen molar-refractivity contribution in [2.45, 2.75) is 45.1 Å². The molecule has 0 amide bonds. The number of imidazole rings is 1. The summed E-state index contributed by atoms with van der Waals surface area (Å²) in [5, 5.41) is 0. The molecule has 0 unspecified atom stereocenters. The number of pyridine rings is 1. The van der Waals surface area contributed by atoms with Crippen LogP contribution in [0.5, 0.6) is 0 Å². The molecular weight excluding hydrogens is 278 g/mol. The lowest BCUT2D eigenvalue weighted by Crippen LogP contribution is -2.45. The molecule has 0 aliphatic carbocycles. The largest absolute Gasteiger partial charge is 0.347 e. The first kappa shape index (κ1) is 14.2. The van der Waals surface area contributed by atoms with Crippen molar-refractivity contribution in [2.24, 2.45) is 0 Å². The Kier molecular flexibility index (Phi) is 3.44. The van der Waals surface area contributed by atoms with Gasteiger partial charge >= 0.3 is 0 Å². The molecule has 0 N–H and O–H groups in total. The Morgan fingerprint density at radius 2 is 2.09 bits per heavy atom. The predicted octanol–water partition coefficient (Wildman–Crippen LogP) is 2.37. The molecule has 0 radical (unpaired) electrons. The lowest BCUT2D eigenvalue weighted by molar-refractivity contribution is -0.194. The van der Waals surface area contributed by atoms with E-state index in [-0.39, 0.29) is 11.9 Å². The van der Waals surface area contributed by atoms with Crippen LogP contribution >= 0.6 is 0 Å². The van der Waals surface area contributed by atoms with Crippen LogP contribution in [0.4, 0.5) is 0 Å². The maximum absolute atomic E-state index is 5.98. The summed E-state index contributed by atoms with van der Waals surface area (Å²) in [4.78, 5) is 7.15. The maximum atomic E-state index is 5.98. The van der Waals surface area contributed by atoms with E-state index in [4.69, 9.17) is 14.5 Å². The lowest BCUT2D eigenvalue weighted by atomic mass is 10.0. The average Bonchev–Trinajstić information content (AvgIpc) is 3.05. The Bertz CT molecular complexity index is 674. The predicted molar refractivity (Wildman–Crippen MR) is 83.7 cm³/mol. The number of piperidine rings is 1. The zero-order valence-corrected chi connectivity index (χ0v) is 13.3. The summed E-state index contributed by atoms with van der Waals surface area (Å²) in [5.74, 6) is -0.314. The van der Waals surface area contributed by atoms with Gasteiger partial charge in [0.05, 0.1) is 18.4 Å². The number of ether oxygens (including phenoxy) is 2. The zero-order valence-electron chi connectivity index (χ0n) is 13.3. The monoisotopic (exact) mass is 301 g/mol. The van der Waals surface area contributed by atoms with Gasteiger partial charge < -0.3 is 13.9 Å². The normalized spacial score (nSPS) is 25.3. The van der Waals surface area contributed by atoms with Crippen molar-refractivity contribution < 1.29 is 9.47 Å². The summed E-state index contributed by atoms with van der Waals surface area (Å²) in [6.07, 6.45) is 6.39. The summed E-state index contributed by atoms with van der Waals surface area (Å²) in [6, 6.07) is 4.18. The number of likely N-dealkylation sites (tertiary alicyclic amines) is 1. The van der Waals surface area contributed by atoms with E-state index in [9.17, 15) is 0 Å². The molecule has 2 aliphatic rings. The number of hydrogen-bond donors (Lipinski definition) is 0. The van der Waals surface area contributed by atoms with Gasteiger partial charge in [0.2, 0.25) is 0 Å². The van der Waals surface area contributed by atoms with E-state index in [1.165, 1.54) is 5.56 Å². The summed E-state index contributed by atoms with van der Waals surface area (Å²) >= 11 is 0. The smallest absolute Gasteiger partial charge is 0.171 e. The number of aromatic nitrogens is 2. The van der Waals surface area contributed by atoms with Gasteiger partial charge in [-0.1, -0.05) is 6.07 Å². The first-order valence-electron chi connectivity index (χ1n) is 8.10. The summed E-state index contributed by atoms with van der Waals surface area (Å²) in [7, 11) is 0. The van der Waals surface area contributed by atoms with Crippen molar-refractivity contribution in [3.8, 4) is 0 Å². The molecule has 5 nitrogen and oxygen atoms in total. The number of rotatable bonds is 2. The molecule has 22 heavy (non-hydrogen) atoms. The van der Waals surface area contributed by atoms with E-state index in [1.807, 2.05) is 0 Å². The second kappa shape index (κ2) is 5.33. The Morgan fingerprint density at radius 3 is 2.82 bits per heavy atom. The highest BCUT2D eigenvalue weighted by atomic mass is 16.7. The van der Waals surface area contributed by atoms with Gasteiger partial charge in [0, 0.05) is 44.9 Å². The fourth-order valence-electron chi connectivity index (χ4n) is 3.48. The molecule has 0 bridgehead atoms. The van der Waals surface area contributed by atoms with E-state index >= 15 is 0 Å². The van der Waals surface area contributed by atoms with Crippen molar-refractivity contribution in [3.05, 3.63) is 35.8 Å². The molecule has 2 aromatic heterocycles. The Morgan fingerprint density at radius 1 is 1.27 bits per heavy atom. The third kappa shape index (κ3) is 2.64. The van der Waals surface area contributed by atoms with Crippen LogP contribution in [0, 0.1) is 6.92 Å². The fourth-order valence-corrected chi connectivity index (χ4v) is 3.48. The Labute approximate surface area is 130 Å². The fraction of sp³-hybridized carbons (Fsp3) is 0.588. The van der Waals surface area contributed by atoms with Gasteiger partial charge in [-0.25, -0.2) is 4.98 Å². The van der Waals surface area contributed by atoms with Crippen molar-refractivity contribution in [1.29, 1.82) is 0 Å². The minimum atomic E-state index is -0.314. The highest BCUT2D eigenvalue weighted by Crippen LogP contribution is 2.34. The minimum Gasteiger partial charge on any atom is -0.347 e. The third-order valence-corrected chi connectivity index (χ3v) is 4.65. The number of fused-ring (bicyclic) bond motifs is 1. The second-order valence-corrected chi connectivity index (χ2v) is 6.63. The van der Waals surface area contributed by atoms with Crippen molar-refractivity contribution >= 4 is 5.65 Å². The van der Waals surface area contributed by atoms with Crippen molar-refractivity contribution in [2.75, 3.05) is 19.7 Å². The maximum Gasteiger partial charge on any atom is 0.171 e. The van der Waals surface area contributed by atoms with E-state index in [1.54, 1.807) is 0 Å². The van der Waals surface area contributed by atoms with E-state index < -0.39 is 0 Å². The minimum absolute atomic E-state index is 0.230. The van der Waals surface area contributed by atoms with E-state index in [0.29, 0.717) is 0 Å². The molecule has 118 valence electrons. The molecule has 4 rings (SSSR count). The van der Waals surface area contributed by atoms with Crippen LogP contribution < -0.4 is 0 Å². The molecular formula is C17H23N3O2. The zero-order chi connectivity index (χ0) is 15.2. The first-order valence-corrected chi connectivity index (χ1v) is 8.10. The molecule has 2 fully saturated rings. The van der Waals surface area contributed by atoms with Crippen LogP contribution in [0.3, 0.4) is 0 Å². The van der Waals surface area contributed by atoms with Gasteiger partial charge in [0.25, 0.3) is 0 Å². The molecule has 0 aromatic carbocycles. The van der Waals surface area contributed by atoms with Gasteiger partial charge in [-0.15, -0.1) is 0 Å². The van der Waals surface area contributed by atoms with Crippen molar-refractivity contribution in [3.63, 3.8) is 0 Å². The molecule has 2 aromatic rings. The molecule has 2 saturated heterocycles. The summed E-state index contributed by atoms with van der Waals surface area (Å²) < 4.78 is 14.0. The van der Waals surface area contributed by atoms with Crippen LogP contribution in [0.25, 0.3) is 5.65 Å². The highest BCUT2D eigenvalue weighted by Gasteiger charge is 2.42. The Balaban J connectivity index is 1.41. The van der Waals surface area contributed by atoms with Gasteiger partial charge in [-0.3, -0.25) is 4.90 Å². The topological polar surface area (TPSA) is 39.0 Å². The second-order valence-electron chi connectivity index (χ2n) is 6.63. The van der Waals surface area contributed by atoms with Crippen LogP contribution in [-0.4, -0.2) is 45.9 Å². The molecule has 2 aliphatic heterocycles. The summed E-state index contributed by atoms with van der Waals surface area (Å²) in [6.45, 7) is 7.81. The van der Waals surface area contributed by atoms with Gasteiger partial charge in [0.15, 0.2) is 5.79 Å².